The van der Waals surface area contributed by atoms with Crippen molar-refractivity contribution in [3.63, 3.8) is 0 Å². The van der Waals surface area contributed by atoms with Gasteiger partial charge in [-0.1, -0.05) is 23.9 Å². The lowest BCUT2D eigenvalue weighted by atomic mass is 10.1. The van der Waals surface area contributed by atoms with Gasteiger partial charge in [-0.05, 0) is 30.3 Å². The summed E-state index contributed by atoms with van der Waals surface area (Å²) in [6.45, 7) is 0.832. The van der Waals surface area contributed by atoms with Gasteiger partial charge in [-0.3, -0.25) is 14.2 Å². The minimum absolute atomic E-state index is 0.0891. The molecule has 3 aromatic rings. The van der Waals surface area contributed by atoms with Crippen LogP contribution in [0.3, 0.4) is 0 Å². The third-order valence-corrected chi connectivity index (χ3v) is 5.17. The van der Waals surface area contributed by atoms with Crippen molar-refractivity contribution in [1.29, 1.82) is 0 Å². The smallest absolute Gasteiger partial charge is 0.262 e. The lowest BCUT2D eigenvalue weighted by Crippen LogP contribution is -2.25. The van der Waals surface area contributed by atoms with E-state index in [1.807, 2.05) is 18.2 Å². The summed E-state index contributed by atoms with van der Waals surface area (Å²) in [5.41, 5.74) is 2.02. The molecular formula is C20H20N2O4S. The highest BCUT2D eigenvalue weighted by atomic mass is 32.2. The first kappa shape index (κ1) is 19.1. The van der Waals surface area contributed by atoms with Gasteiger partial charge in [-0.2, -0.15) is 0 Å². The summed E-state index contributed by atoms with van der Waals surface area (Å²) in [6.07, 6.45) is 0.802. The zero-order chi connectivity index (χ0) is 19.2. The quantitative estimate of drug-likeness (QED) is 0.338. The van der Waals surface area contributed by atoms with E-state index in [4.69, 9.17) is 9.47 Å². The molecule has 140 valence electrons. The summed E-state index contributed by atoms with van der Waals surface area (Å²) in [5.74, 6) is 1.21. The largest absolute Gasteiger partial charge is 0.496 e. The first-order valence-electron chi connectivity index (χ1n) is 8.41. The minimum Gasteiger partial charge on any atom is -0.496 e. The van der Waals surface area contributed by atoms with Crippen LogP contribution in [-0.2, 0) is 17.0 Å². The fourth-order valence-electron chi connectivity index (χ4n) is 2.76. The summed E-state index contributed by atoms with van der Waals surface area (Å²) in [6, 6.07) is 12.6. The van der Waals surface area contributed by atoms with Crippen molar-refractivity contribution in [3.8, 4) is 5.75 Å². The average molecular weight is 384 g/mol. The van der Waals surface area contributed by atoms with E-state index in [0.29, 0.717) is 46.3 Å². The molecule has 1 heterocycles. The van der Waals surface area contributed by atoms with Gasteiger partial charge in [0.15, 0.2) is 5.16 Å². The van der Waals surface area contributed by atoms with Crippen molar-refractivity contribution in [1.82, 2.24) is 9.55 Å². The Bertz CT molecular complexity index is 1020. The highest BCUT2D eigenvalue weighted by molar-refractivity contribution is 7.98. The van der Waals surface area contributed by atoms with Crippen molar-refractivity contribution in [2.75, 3.05) is 20.8 Å². The molecule has 0 aliphatic heterocycles. The van der Waals surface area contributed by atoms with Crippen LogP contribution >= 0.6 is 11.8 Å². The number of fused-ring (bicyclic) bond motifs is 1. The Balaban J connectivity index is 1.99. The number of nitrogens with zero attached hydrogens (tertiary/aromatic N) is 2. The van der Waals surface area contributed by atoms with Gasteiger partial charge in [0.05, 0.1) is 31.2 Å². The number of carbonyl (C=O) groups is 1. The topological polar surface area (TPSA) is 70.4 Å². The third-order valence-electron chi connectivity index (χ3n) is 4.14. The molecule has 27 heavy (non-hydrogen) atoms. The second kappa shape index (κ2) is 8.83. The molecule has 0 aliphatic rings. The maximum Gasteiger partial charge on any atom is 0.262 e. The van der Waals surface area contributed by atoms with E-state index in [1.165, 1.54) is 11.8 Å². The Morgan fingerprint density at radius 1 is 1.19 bits per heavy atom. The van der Waals surface area contributed by atoms with Gasteiger partial charge in [0.1, 0.15) is 12.0 Å². The molecule has 2 aromatic carbocycles. The summed E-state index contributed by atoms with van der Waals surface area (Å²) >= 11 is 1.43. The Hall–Kier alpha value is -2.64. The molecule has 0 fully saturated rings. The van der Waals surface area contributed by atoms with E-state index in [-0.39, 0.29) is 5.56 Å². The van der Waals surface area contributed by atoms with Gasteiger partial charge in [0.2, 0.25) is 0 Å². The fraction of sp³-hybridized carbons (Fsp3) is 0.250. The number of aldehydes is 1. The van der Waals surface area contributed by atoms with Crippen molar-refractivity contribution < 1.29 is 14.3 Å². The van der Waals surface area contributed by atoms with Crippen LogP contribution in [0.15, 0.2) is 52.4 Å². The monoisotopic (exact) mass is 384 g/mol. The maximum absolute atomic E-state index is 12.9. The first-order valence-corrected chi connectivity index (χ1v) is 9.40. The molecule has 0 atom stereocenters. The van der Waals surface area contributed by atoms with Crippen LogP contribution in [0.1, 0.15) is 15.9 Å². The summed E-state index contributed by atoms with van der Waals surface area (Å²) in [7, 11) is 3.19. The van der Waals surface area contributed by atoms with Crippen molar-refractivity contribution in [2.45, 2.75) is 17.5 Å². The van der Waals surface area contributed by atoms with Gasteiger partial charge in [0.25, 0.3) is 5.56 Å². The molecule has 0 radical (unpaired) electrons. The first-order chi connectivity index (χ1) is 13.2. The summed E-state index contributed by atoms with van der Waals surface area (Å²) in [4.78, 5) is 28.6. The third kappa shape index (κ3) is 4.20. The number of methoxy groups -OCH3 is 2. The van der Waals surface area contributed by atoms with Gasteiger partial charge in [-0.25, -0.2) is 4.98 Å². The molecule has 0 saturated heterocycles. The van der Waals surface area contributed by atoms with E-state index < -0.39 is 0 Å². The van der Waals surface area contributed by atoms with Crippen molar-refractivity contribution >= 4 is 29.0 Å². The van der Waals surface area contributed by atoms with Crippen LogP contribution in [0.2, 0.25) is 0 Å². The molecular weight excluding hydrogens is 364 g/mol. The Kier molecular flexibility index (Phi) is 6.26. The van der Waals surface area contributed by atoms with Crippen LogP contribution in [0.5, 0.6) is 5.75 Å². The molecule has 0 unspecified atom stereocenters. The fourth-order valence-corrected chi connectivity index (χ4v) is 3.77. The van der Waals surface area contributed by atoms with Crippen LogP contribution in [0.4, 0.5) is 0 Å². The second-order valence-corrected chi connectivity index (χ2v) is 6.78. The molecule has 0 spiro atoms. The number of thioether (sulfide) groups is 1. The molecule has 3 rings (SSSR count). The van der Waals surface area contributed by atoms with Crippen molar-refractivity contribution in [2.24, 2.45) is 0 Å². The number of benzene rings is 2. The van der Waals surface area contributed by atoms with Crippen LogP contribution in [0.25, 0.3) is 10.9 Å². The van der Waals surface area contributed by atoms with E-state index in [9.17, 15) is 9.59 Å². The maximum atomic E-state index is 12.9. The van der Waals surface area contributed by atoms with Gasteiger partial charge in [-0.15, -0.1) is 0 Å². The lowest BCUT2D eigenvalue weighted by molar-refractivity contribution is 0.112. The number of aromatic nitrogens is 2. The number of hydrogen-bond donors (Lipinski definition) is 0. The normalized spacial score (nSPS) is 10.9. The predicted octanol–water partition coefficient (Wildman–Crippen LogP) is 3.16. The molecule has 0 aliphatic carbocycles. The molecule has 0 bridgehead atoms. The zero-order valence-corrected chi connectivity index (χ0v) is 16.0. The number of carbonyl (C=O) groups excluding carboxylic acids is 1. The number of hydrogen-bond acceptors (Lipinski definition) is 6. The van der Waals surface area contributed by atoms with Gasteiger partial charge < -0.3 is 9.47 Å². The van der Waals surface area contributed by atoms with Crippen molar-refractivity contribution in [3.05, 3.63) is 63.9 Å². The molecule has 6 nitrogen and oxygen atoms in total. The zero-order valence-electron chi connectivity index (χ0n) is 15.2. The Labute approximate surface area is 161 Å². The van der Waals surface area contributed by atoms with E-state index in [0.717, 1.165) is 11.8 Å². The van der Waals surface area contributed by atoms with E-state index in [2.05, 4.69) is 4.98 Å². The number of para-hydroxylation sites is 1. The Morgan fingerprint density at radius 2 is 2.00 bits per heavy atom. The van der Waals surface area contributed by atoms with E-state index >= 15 is 0 Å². The average Bonchev–Trinajstić information content (AvgIpc) is 2.71. The molecule has 0 N–H and O–H groups in total. The predicted molar refractivity (Wildman–Crippen MR) is 106 cm³/mol. The molecule has 0 saturated carbocycles. The van der Waals surface area contributed by atoms with Crippen LogP contribution in [0, 0.1) is 0 Å². The number of rotatable bonds is 8. The highest BCUT2D eigenvalue weighted by Crippen LogP contribution is 2.28. The summed E-state index contributed by atoms with van der Waals surface area (Å²) in [5, 5.41) is 1.19. The molecule has 1 aromatic heterocycles. The van der Waals surface area contributed by atoms with Crippen LogP contribution in [-0.4, -0.2) is 36.7 Å². The number of ether oxygens (including phenoxy) is 2. The molecule has 7 heteroatoms. The highest BCUT2D eigenvalue weighted by Gasteiger charge is 2.13. The Morgan fingerprint density at radius 3 is 2.74 bits per heavy atom. The van der Waals surface area contributed by atoms with Crippen LogP contribution < -0.4 is 10.3 Å². The standard InChI is InChI=1S/C20H20N2O4S/c1-25-10-9-22-19(24)16-5-3-4-6-17(16)21-20(22)27-13-15-11-14(12-23)7-8-18(15)26-2/h3-8,11-12H,9-10,13H2,1-2H3. The SMILES string of the molecule is COCCn1c(SCc2cc(C=O)ccc2OC)nc2ccccc2c1=O. The minimum atomic E-state index is -0.0891. The molecule has 0 amide bonds. The lowest BCUT2D eigenvalue weighted by Gasteiger charge is -2.14. The summed E-state index contributed by atoms with van der Waals surface area (Å²) < 4.78 is 12.2. The second-order valence-electron chi connectivity index (χ2n) is 5.84. The van der Waals surface area contributed by atoms with E-state index in [1.54, 1.807) is 43.1 Å². The van der Waals surface area contributed by atoms with Gasteiger partial charge in [0, 0.05) is 24.0 Å². The van der Waals surface area contributed by atoms with Gasteiger partial charge >= 0.3 is 0 Å².